The van der Waals surface area contributed by atoms with Crippen LogP contribution >= 0.6 is 12.4 Å². The Balaban J connectivity index is 0.00000182. The Bertz CT molecular complexity index is 696. The maximum Gasteiger partial charge on any atom is 0.316 e. The topological polar surface area (TPSA) is 74.3 Å². The minimum Gasteiger partial charge on any atom is -0.468 e. The molecular weight excluding hydrogens is 350 g/mol. The highest BCUT2D eigenvalue weighted by Gasteiger charge is 2.57. The van der Waals surface area contributed by atoms with Gasteiger partial charge in [0.05, 0.1) is 26.7 Å². The lowest BCUT2D eigenvalue weighted by Gasteiger charge is -2.23. The van der Waals surface area contributed by atoms with Crippen LogP contribution in [0.15, 0.2) is 18.2 Å². The van der Waals surface area contributed by atoms with Crippen molar-refractivity contribution in [3.05, 3.63) is 23.8 Å². The molecule has 1 amide bonds. The standard InChI is InChI=1S/C17H19NO6.ClH/c1-21-16(20)17-8-18(6-12(17)7-22-9-17)15(19)5-11-2-3-13-14(4-11)24-10-23-13;/h2-4,12H,5-10H2,1H3;1H/t12-,17-;/m0./s1. The molecule has 2 fully saturated rings. The summed E-state index contributed by atoms with van der Waals surface area (Å²) in [6, 6.07) is 5.51. The minimum absolute atomic E-state index is 0. The first-order valence-electron chi connectivity index (χ1n) is 7.95. The fraction of sp³-hybridized carbons (Fsp3) is 0.529. The van der Waals surface area contributed by atoms with Crippen molar-refractivity contribution in [2.24, 2.45) is 11.3 Å². The molecule has 1 aromatic carbocycles. The molecule has 0 spiro atoms. The second kappa shape index (κ2) is 6.72. The summed E-state index contributed by atoms with van der Waals surface area (Å²) < 4.78 is 21.0. The van der Waals surface area contributed by atoms with E-state index in [1.165, 1.54) is 7.11 Å². The van der Waals surface area contributed by atoms with E-state index in [2.05, 4.69) is 0 Å². The Hall–Kier alpha value is -1.99. The molecular formula is C17H20ClNO6. The lowest BCUT2D eigenvalue weighted by atomic mass is 9.81. The highest BCUT2D eigenvalue weighted by atomic mass is 35.5. The van der Waals surface area contributed by atoms with E-state index in [1.807, 2.05) is 18.2 Å². The van der Waals surface area contributed by atoms with Gasteiger partial charge in [-0.3, -0.25) is 9.59 Å². The third-order valence-electron chi connectivity index (χ3n) is 5.11. The van der Waals surface area contributed by atoms with E-state index in [1.54, 1.807) is 4.90 Å². The Kier molecular flexibility index (Phi) is 4.79. The molecule has 1 aromatic rings. The molecule has 136 valence electrons. The highest BCUT2D eigenvalue weighted by Crippen LogP contribution is 2.42. The molecule has 0 saturated carbocycles. The Morgan fingerprint density at radius 3 is 2.92 bits per heavy atom. The minimum atomic E-state index is -0.709. The second-order valence-corrected chi connectivity index (χ2v) is 6.50. The number of carbonyl (C=O) groups excluding carboxylic acids is 2. The summed E-state index contributed by atoms with van der Waals surface area (Å²) in [6.07, 6.45) is 0.265. The molecule has 0 N–H and O–H groups in total. The van der Waals surface area contributed by atoms with Gasteiger partial charge in [-0.15, -0.1) is 12.4 Å². The number of fused-ring (bicyclic) bond motifs is 2. The summed E-state index contributed by atoms with van der Waals surface area (Å²) in [5.74, 6) is 1.07. The molecule has 8 heteroatoms. The zero-order valence-electron chi connectivity index (χ0n) is 13.9. The van der Waals surface area contributed by atoms with E-state index in [4.69, 9.17) is 18.9 Å². The SMILES string of the molecule is COC(=O)[C@@]12COC[C@@H]1CN(C(=O)Cc1ccc3c(c1)OCO3)C2.Cl. The number of ether oxygens (including phenoxy) is 4. The van der Waals surface area contributed by atoms with Gasteiger partial charge in [0.25, 0.3) is 0 Å². The quantitative estimate of drug-likeness (QED) is 0.741. The van der Waals surface area contributed by atoms with Crippen LogP contribution in [0, 0.1) is 11.3 Å². The first-order chi connectivity index (χ1) is 11.6. The van der Waals surface area contributed by atoms with Crippen LogP contribution in [0.2, 0.25) is 0 Å². The number of halogens is 1. The smallest absolute Gasteiger partial charge is 0.316 e. The molecule has 0 aliphatic carbocycles. The number of nitrogens with zero attached hydrogens (tertiary/aromatic N) is 1. The van der Waals surface area contributed by atoms with Gasteiger partial charge < -0.3 is 23.8 Å². The predicted octanol–water partition coefficient (Wildman–Crippen LogP) is 1.03. The maximum atomic E-state index is 12.7. The Morgan fingerprint density at radius 1 is 1.32 bits per heavy atom. The van der Waals surface area contributed by atoms with Crippen LogP contribution in [-0.2, 0) is 25.5 Å². The van der Waals surface area contributed by atoms with Gasteiger partial charge in [0, 0.05) is 19.0 Å². The van der Waals surface area contributed by atoms with E-state index >= 15 is 0 Å². The average molecular weight is 370 g/mol. The van der Waals surface area contributed by atoms with Crippen molar-refractivity contribution in [2.75, 3.05) is 40.2 Å². The molecule has 3 aliphatic heterocycles. The Morgan fingerprint density at radius 2 is 2.12 bits per heavy atom. The van der Waals surface area contributed by atoms with Crippen molar-refractivity contribution in [3.63, 3.8) is 0 Å². The molecule has 3 heterocycles. The maximum absolute atomic E-state index is 12.7. The van der Waals surface area contributed by atoms with Gasteiger partial charge in [-0.25, -0.2) is 0 Å². The third-order valence-corrected chi connectivity index (χ3v) is 5.11. The predicted molar refractivity (Wildman–Crippen MR) is 88.9 cm³/mol. The van der Waals surface area contributed by atoms with Gasteiger partial charge in [0.2, 0.25) is 12.7 Å². The average Bonchev–Trinajstić information content (AvgIpc) is 3.27. The molecule has 0 aromatic heterocycles. The molecule has 3 aliphatic rings. The van der Waals surface area contributed by atoms with Crippen LogP contribution in [0.5, 0.6) is 11.5 Å². The van der Waals surface area contributed by atoms with Crippen molar-refractivity contribution in [2.45, 2.75) is 6.42 Å². The molecule has 2 atom stereocenters. The molecule has 2 saturated heterocycles. The van der Waals surface area contributed by atoms with Gasteiger partial charge in [0.15, 0.2) is 11.5 Å². The zero-order valence-corrected chi connectivity index (χ0v) is 14.7. The first kappa shape index (κ1) is 17.8. The van der Waals surface area contributed by atoms with E-state index in [-0.39, 0.29) is 43.4 Å². The van der Waals surface area contributed by atoms with Crippen LogP contribution in [-0.4, -0.2) is 57.0 Å². The van der Waals surface area contributed by atoms with Crippen molar-refractivity contribution >= 4 is 24.3 Å². The lowest BCUT2D eigenvalue weighted by Crippen LogP contribution is -2.41. The molecule has 0 radical (unpaired) electrons. The molecule has 0 unspecified atom stereocenters. The van der Waals surface area contributed by atoms with Gasteiger partial charge >= 0.3 is 5.97 Å². The number of amides is 1. The normalized spacial score (nSPS) is 26.1. The lowest BCUT2D eigenvalue weighted by molar-refractivity contribution is -0.153. The van der Waals surface area contributed by atoms with Crippen LogP contribution < -0.4 is 9.47 Å². The van der Waals surface area contributed by atoms with Crippen molar-refractivity contribution in [3.8, 4) is 11.5 Å². The van der Waals surface area contributed by atoms with Gasteiger partial charge in [-0.2, -0.15) is 0 Å². The van der Waals surface area contributed by atoms with E-state index < -0.39 is 5.41 Å². The van der Waals surface area contributed by atoms with Crippen molar-refractivity contribution < 1.29 is 28.5 Å². The monoisotopic (exact) mass is 369 g/mol. The van der Waals surface area contributed by atoms with Crippen molar-refractivity contribution in [1.82, 2.24) is 4.90 Å². The fourth-order valence-electron chi connectivity index (χ4n) is 3.75. The number of carbonyl (C=O) groups is 2. The van der Waals surface area contributed by atoms with E-state index in [9.17, 15) is 9.59 Å². The number of methoxy groups -OCH3 is 1. The fourth-order valence-corrected chi connectivity index (χ4v) is 3.75. The summed E-state index contributed by atoms with van der Waals surface area (Å²) >= 11 is 0. The van der Waals surface area contributed by atoms with Crippen LogP contribution in [0.1, 0.15) is 5.56 Å². The van der Waals surface area contributed by atoms with Crippen LogP contribution in [0.25, 0.3) is 0 Å². The largest absolute Gasteiger partial charge is 0.468 e. The second-order valence-electron chi connectivity index (χ2n) is 6.50. The van der Waals surface area contributed by atoms with Crippen LogP contribution in [0.3, 0.4) is 0 Å². The highest BCUT2D eigenvalue weighted by molar-refractivity contribution is 5.85. The third kappa shape index (κ3) is 2.91. The van der Waals surface area contributed by atoms with Gasteiger partial charge in [0.1, 0.15) is 5.41 Å². The summed E-state index contributed by atoms with van der Waals surface area (Å²) in [5.41, 5.74) is 0.156. The summed E-state index contributed by atoms with van der Waals surface area (Å²) in [7, 11) is 1.38. The number of likely N-dealkylation sites (tertiary alicyclic amines) is 1. The Labute approximate surface area is 151 Å². The molecule has 0 bridgehead atoms. The number of benzene rings is 1. The number of hydrogen-bond donors (Lipinski definition) is 0. The molecule has 4 rings (SSSR count). The summed E-state index contributed by atoms with van der Waals surface area (Å²) in [6.45, 7) is 1.90. The molecule has 25 heavy (non-hydrogen) atoms. The number of esters is 1. The number of rotatable bonds is 3. The number of hydrogen-bond acceptors (Lipinski definition) is 6. The van der Waals surface area contributed by atoms with Crippen LogP contribution in [0.4, 0.5) is 0 Å². The van der Waals surface area contributed by atoms with Crippen molar-refractivity contribution in [1.29, 1.82) is 0 Å². The molecule has 7 nitrogen and oxygen atoms in total. The zero-order chi connectivity index (χ0) is 16.7. The van der Waals surface area contributed by atoms with Gasteiger partial charge in [-0.1, -0.05) is 6.07 Å². The first-order valence-corrected chi connectivity index (χ1v) is 7.95. The van der Waals surface area contributed by atoms with E-state index in [0.717, 1.165) is 5.56 Å². The van der Waals surface area contributed by atoms with E-state index in [0.29, 0.717) is 37.8 Å². The van der Waals surface area contributed by atoms with Gasteiger partial charge in [-0.05, 0) is 17.7 Å². The summed E-state index contributed by atoms with van der Waals surface area (Å²) in [4.78, 5) is 26.6. The summed E-state index contributed by atoms with van der Waals surface area (Å²) in [5, 5.41) is 0.